The molecular formula is C13H12N2O4S2. The molecule has 0 fully saturated rings. The van der Waals surface area contributed by atoms with Gasteiger partial charge in [0.15, 0.2) is 0 Å². The molecule has 0 aromatic carbocycles. The number of primary amides is 1. The molecule has 0 bridgehead atoms. The first-order valence-electron chi connectivity index (χ1n) is 5.82. The first kappa shape index (κ1) is 15.2. The van der Waals surface area contributed by atoms with Crippen LogP contribution in [0.25, 0.3) is 0 Å². The molecule has 0 saturated heterocycles. The van der Waals surface area contributed by atoms with Gasteiger partial charge in [0, 0.05) is 0 Å². The van der Waals surface area contributed by atoms with Crippen molar-refractivity contribution in [2.24, 2.45) is 5.73 Å². The summed E-state index contributed by atoms with van der Waals surface area (Å²) in [5.74, 6) is -1.63. The molecule has 0 spiro atoms. The molecule has 0 aliphatic heterocycles. The molecule has 8 heteroatoms. The first-order chi connectivity index (χ1) is 9.95. The van der Waals surface area contributed by atoms with E-state index >= 15 is 0 Å². The largest absolute Gasteiger partial charge is 0.465 e. The van der Waals surface area contributed by atoms with Crippen molar-refractivity contribution in [3.05, 3.63) is 38.4 Å². The van der Waals surface area contributed by atoms with E-state index in [0.29, 0.717) is 10.4 Å². The van der Waals surface area contributed by atoms with Gasteiger partial charge in [-0.25, -0.2) is 4.79 Å². The molecule has 2 amide bonds. The van der Waals surface area contributed by atoms with Crippen LogP contribution in [0.3, 0.4) is 0 Å². The third-order valence-electron chi connectivity index (χ3n) is 2.73. The molecule has 2 aromatic rings. The molecule has 0 atom stereocenters. The summed E-state index contributed by atoms with van der Waals surface area (Å²) in [5.41, 5.74) is 5.83. The summed E-state index contributed by atoms with van der Waals surface area (Å²) in [6, 6.07) is 3.41. The minimum Gasteiger partial charge on any atom is -0.465 e. The van der Waals surface area contributed by atoms with Gasteiger partial charge in [-0.2, -0.15) is 0 Å². The summed E-state index contributed by atoms with van der Waals surface area (Å²) in [4.78, 5) is 36.0. The quantitative estimate of drug-likeness (QED) is 0.843. The summed E-state index contributed by atoms with van der Waals surface area (Å²) in [6.07, 6.45) is 0. The molecule has 6 nitrogen and oxygen atoms in total. The van der Waals surface area contributed by atoms with Crippen molar-refractivity contribution in [3.63, 3.8) is 0 Å². The number of thiophene rings is 2. The average molecular weight is 324 g/mol. The minimum absolute atomic E-state index is 0.154. The predicted octanol–water partition coefficient (Wildman–Crippen LogP) is 2.26. The molecule has 21 heavy (non-hydrogen) atoms. The Morgan fingerprint density at radius 1 is 1.33 bits per heavy atom. The molecule has 0 aliphatic carbocycles. The number of nitrogens with one attached hydrogen (secondary N) is 1. The van der Waals surface area contributed by atoms with Gasteiger partial charge < -0.3 is 15.8 Å². The van der Waals surface area contributed by atoms with Gasteiger partial charge >= 0.3 is 5.97 Å². The van der Waals surface area contributed by atoms with Crippen LogP contribution in [0.1, 0.15) is 35.3 Å². The Kier molecular flexibility index (Phi) is 4.39. The van der Waals surface area contributed by atoms with Gasteiger partial charge in [0.2, 0.25) is 0 Å². The lowest BCUT2D eigenvalue weighted by molar-refractivity contribution is 0.0601. The Bertz CT molecular complexity index is 704. The lowest BCUT2D eigenvalue weighted by atomic mass is 10.1. The summed E-state index contributed by atoms with van der Waals surface area (Å²) in [6.45, 7) is 1.59. The number of methoxy groups -OCH3 is 1. The van der Waals surface area contributed by atoms with Gasteiger partial charge in [0.1, 0.15) is 5.00 Å². The lowest BCUT2D eigenvalue weighted by Crippen LogP contribution is -2.13. The fourth-order valence-corrected chi connectivity index (χ4v) is 3.42. The zero-order chi connectivity index (χ0) is 15.6. The van der Waals surface area contributed by atoms with Crippen molar-refractivity contribution >= 4 is 45.5 Å². The number of nitrogens with two attached hydrogens (primary N) is 1. The number of amides is 2. The van der Waals surface area contributed by atoms with Crippen LogP contribution < -0.4 is 11.1 Å². The van der Waals surface area contributed by atoms with Gasteiger partial charge in [0.05, 0.1) is 22.4 Å². The van der Waals surface area contributed by atoms with Gasteiger partial charge in [-0.15, -0.1) is 22.7 Å². The number of carbonyl (C=O) groups excluding carboxylic acids is 3. The highest BCUT2D eigenvalue weighted by Gasteiger charge is 2.25. The lowest BCUT2D eigenvalue weighted by Gasteiger charge is -2.04. The second kappa shape index (κ2) is 6.06. The monoisotopic (exact) mass is 324 g/mol. The van der Waals surface area contributed by atoms with Crippen molar-refractivity contribution < 1.29 is 19.1 Å². The summed E-state index contributed by atoms with van der Waals surface area (Å²) >= 11 is 2.23. The van der Waals surface area contributed by atoms with Crippen LogP contribution in [-0.4, -0.2) is 24.9 Å². The minimum atomic E-state index is -0.653. The summed E-state index contributed by atoms with van der Waals surface area (Å²) in [5, 5.41) is 4.65. The molecule has 2 heterocycles. The first-order valence-corrected chi connectivity index (χ1v) is 7.51. The standard InChI is InChI=1S/C13H12N2O4S2/c1-6-8(13(18)19-2)12(21-9(6)10(14)16)15-11(17)7-4-3-5-20-7/h3-5H,1-2H3,(H2,14,16)(H,15,17). The van der Waals surface area contributed by atoms with E-state index in [2.05, 4.69) is 5.32 Å². The molecule has 0 aliphatic rings. The van der Waals surface area contributed by atoms with Crippen molar-refractivity contribution in [1.82, 2.24) is 0 Å². The molecule has 2 rings (SSSR count). The summed E-state index contributed by atoms with van der Waals surface area (Å²) < 4.78 is 4.69. The Morgan fingerprint density at radius 3 is 2.57 bits per heavy atom. The van der Waals surface area contributed by atoms with Crippen LogP contribution in [-0.2, 0) is 4.74 Å². The van der Waals surface area contributed by atoms with E-state index in [4.69, 9.17) is 10.5 Å². The highest BCUT2D eigenvalue weighted by atomic mass is 32.1. The van der Waals surface area contributed by atoms with E-state index < -0.39 is 11.9 Å². The molecule has 110 valence electrons. The fourth-order valence-electron chi connectivity index (χ4n) is 1.76. The number of anilines is 1. The molecule has 0 radical (unpaired) electrons. The molecule has 0 unspecified atom stereocenters. The van der Waals surface area contributed by atoms with E-state index in [1.165, 1.54) is 18.4 Å². The van der Waals surface area contributed by atoms with Crippen molar-refractivity contribution in [2.45, 2.75) is 6.92 Å². The number of carbonyl (C=O) groups is 3. The zero-order valence-corrected chi connectivity index (χ0v) is 12.9. The smallest absolute Gasteiger partial charge is 0.341 e. The average Bonchev–Trinajstić information content (AvgIpc) is 3.06. The SMILES string of the molecule is COC(=O)c1c(NC(=O)c2cccs2)sc(C(N)=O)c1C. The maximum Gasteiger partial charge on any atom is 0.341 e. The van der Waals surface area contributed by atoms with Crippen molar-refractivity contribution in [1.29, 1.82) is 0 Å². The van der Waals surface area contributed by atoms with Crippen LogP contribution >= 0.6 is 22.7 Å². The third-order valence-corrected chi connectivity index (χ3v) is 4.82. The molecule has 0 saturated carbocycles. The zero-order valence-electron chi connectivity index (χ0n) is 11.3. The van der Waals surface area contributed by atoms with Crippen LogP contribution in [0.2, 0.25) is 0 Å². The Labute approximate surface area is 128 Å². The maximum absolute atomic E-state index is 12.1. The van der Waals surface area contributed by atoms with Crippen molar-refractivity contribution in [3.8, 4) is 0 Å². The van der Waals surface area contributed by atoms with Crippen molar-refractivity contribution in [2.75, 3.05) is 12.4 Å². The number of ether oxygens (including phenoxy) is 1. The normalized spacial score (nSPS) is 10.2. The molecule has 3 N–H and O–H groups in total. The van der Waals surface area contributed by atoms with E-state index in [1.807, 2.05) is 0 Å². The second-order valence-electron chi connectivity index (χ2n) is 4.05. The molecular weight excluding hydrogens is 312 g/mol. The van der Waals surface area contributed by atoms with Crippen LogP contribution in [0, 0.1) is 6.92 Å². The number of esters is 1. The van der Waals surface area contributed by atoms with E-state index in [1.54, 1.807) is 24.4 Å². The van der Waals surface area contributed by atoms with E-state index in [-0.39, 0.29) is 21.3 Å². The third kappa shape index (κ3) is 2.96. The number of hydrogen-bond acceptors (Lipinski definition) is 6. The van der Waals surface area contributed by atoms with Gasteiger partial charge in [0.25, 0.3) is 11.8 Å². The van der Waals surface area contributed by atoms with Crippen LogP contribution in [0.15, 0.2) is 17.5 Å². The predicted molar refractivity (Wildman–Crippen MR) is 81.2 cm³/mol. The fraction of sp³-hybridized carbons (Fsp3) is 0.154. The summed E-state index contributed by atoms with van der Waals surface area (Å²) in [7, 11) is 1.23. The van der Waals surface area contributed by atoms with Gasteiger partial charge in [-0.1, -0.05) is 6.07 Å². The Balaban J connectivity index is 2.42. The highest BCUT2D eigenvalue weighted by molar-refractivity contribution is 7.19. The highest BCUT2D eigenvalue weighted by Crippen LogP contribution is 2.33. The Morgan fingerprint density at radius 2 is 2.05 bits per heavy atom. The van der Waals surface area contributed by atoms with E-state index in [9.17, 15) is 14.4 Å². The van der Waals surface area contributed by atoms with Gasteiger partial charge in [-0.05, 0) is 23.9 Å². The number of hydrogen-bond donors (Lipinski definition) is 2. The van der Waals surface area contributed by atoms with Crippen LogP contribution in [0.5, 0.6) is 0 Å². The maximum atomic E-state index is 12.1. The molecule has 2 aromatic heterocycles. The van der Waals surface area contributed by atoms with Crippen LogP contribution in [0.4, 0.5) is 5.00 Å². The van der Waals surface area contributed by atoms with Gasteiger partial charge in [-0.3, -0.25) is 9.59 Å². The second-order valence-corrected chi connectivity index (χ2v) is 6.02. The topological polar surface area (TPSA) is 98.5 Å². The number of rotatable bonds is 4. The Hall–Kier alpha value is -2.19. The van der Waals surface area contributed by atoms with E-state index in [0.717, 1.165) is 11.3 Å².